The Balaban J connectivity index is 3.10. The van der Waals surface area contributed by atoms with Crippen LogP contribution in [0.15, 0.2) is 12.1 Å². The summed E-state index contributed by atoms with van der Waals surface area (Å²) < 4.78 is 5.27. The highest BCUT2D eigenvalue weighted by atomic mass is 16.5. The first-order chi connectivity index (χ1) is 8.56. The second-order valence-electron chi connectivity index (χ2n) is 4.45. The summed E-state index contributed by atoms with van der Waals surface area (Å²) in [7, 11) is 1.65. The van der Waals surface area contributed by atoms with Crippen molar-refractivity contribution in [3.63, 3.8) is 0 Å². The van der Waals surface area contributed by atoms with E-state index in [2.05, 4.69) is 5.32 Å². The molecule has 0 radical (unpaired) electrons. The highest BCUT2D eigenvalue weighted by molar-refractivity contribution is 6.01. The molecule has 0 saturated heterocycles. The molecule has 0 fully saturated rings. The minimum Gasteiger partial charge on any atom is -0.496 e. The highest BCUT2D eigenvalue weighted by Gasteiger charge is 2.20. The molecule has 0 aromatic heterocycles. The van der Waals surface area contributed by atoms with Crippen molar-refractivity contribution in [2.45, 2.75) is 40.2 Å². The number of ketones is 1. The van der Waals surface area contributed by atoms with E-state index < -0.39 is 0 Å². The van der Waals surface area contributed by atoms with E-state index in [1.54, 1.807) is 7.11 Å². The van der Waals surface area contributed by atoms with Crippen molar-refractivity contribution in [3.8, 4) is 5.75 Å². The number of hydrogen-bond acceptors (Lipinski definition) is 3. The molecule has 0 bridgehead atoms. The molecule has 0 aliphatic rings. The van der Waals surface area contributed by atoms with E-state index in [9.17, 15) is 4.79 Å². The van der Waals surface area contributed by atoms with E-state index in [0.717, 1.165) is 35.4 Å². The second kappa shape index (κ2) is 6.55. The zero-order valence-electron chi connectivity index (χ0n) is 12.0. The lowest BCUT2D eigenvalue weighted by molar-refractivity contribution is 0.0941. The van der Waals surface area contributed by atoms with Gasteiger partial charge in [-0.3, -0.25) is 4.79 Å². The summed E-state index contributed by atoms with van der Waals surface area (Å²) in [5, 5.41) is 3.23. The van der Waals surface area contributed by atoms with Crippen molar-refractivity contribution in [1.82, 2.24) is 5.32 Å². The maximum Gasteiger partial charge on any atom is 0.179 e. The number of likely N-dealkylation sites (N-methyl/N-ethyl adjacent to an activating group) is 1. The maximum absolute atomic E-state index is 12.4. The van der Waals surface area contributed by atoms with Gasteiger partial charge in [-0.25, -0.2) is 0 Å². The summed E-state index contributed by atoms with van der Waals surface area (Å²) in [6.45, 7) is 8.81. The molecule has 1 aromatic rings. The lowest BCUT2D eigenvalue weighted by Crippen LogP contribution is -2.36. The quantitative estimate of drug-likeness (QED) is 0.788. The van der Waals surface area contributed by atoms with Gasteiger partial charge >= 0.3 is 0 Å². The molecule has 1 aromatic carbocycles. The largest absolute Gasteiger partial charge is 0.496 e. The van der Waals surface area contributed by atoms with Gasteiger partial charge < -0.3 is 10.1 Å². The van der Waals surface area contributed by atoms with E-state index >= 15 is 0 Å². The van der Waals surface area contributed by atoms with Crippen LogP contribution in [0.2, 0.25) is 0 Å². The predicted octanol–water partition coefficient (Wildman–Crippen LogP) is 2.88. The van der Waals surface area contributed by atoms with Crippen LogP contribution in [0.25, 0.3) is 0 Å². The van der Waals surface area contributed by atoms with Gasteiger partial charge in [-0.05, 0) is 50.1 Å². The molecule has 1 unspecified atom stereocenters. The lowest BCUT2D eigenvalue weighted by atomic mass is 9.94. The molecule has 1 atom stereocenters. The molecule has 3 nitrogen and oxygen atoms in total. The summed E-state index contributed by atoms with van der Waals surface area (Å²) in [5.41, 5.74) is 2.84. The van der Waals surface area contributed by atoms with E-state index in [1.807, 2.05) is 39.8 Å². The standard InChI is InChI=1S/C15H23NO2/c1-6-13(16-7-2)15(17)12-8-9-14(18-5)11(4)10(12)3/h8-9,13,16H,6-7H2,1-5H3. The van der Waals surface area contributed by atoms with E-state index in [4.69, 9.17) is 4.74 Å². The SMILES string of the molecule is CCNC(CC)C(=O)c1ccc(OC)c(C)c1C. The Morgan fingerprint density at radius 1 is 1.28 bits per heavy atom. The van der Waals surface area contributed by atoms with Gasteiger partial charge in [0, 0.05) is 5.56 Å². The molecular formula is C15H23NO2. The molecule has 18 heavy (non-hydrogen) atoms. The topological polar surface area (TPSA) is 38.3 Å². The van der Waals surface area contributed by atoms with Crippen LogP contribution in [0.3, 0.4) is 0 Å². The Morgan fingerprint density at radius 3 is 2.44 bits per heavy atom. The average molecular weight is 249 g/mol. The van der Waals surface area contributed by atoms with Crippen molar-refractivity contribution in [3.05, 3.63) is 28.8 Å². The van der Waals surface area contributed by atoms with Gasteiger partial charge in [-0.15, -0.1) is 0 Å². The maximum atomic E-state index is 12.4. The number of hydrogen-bond donors (Lipinski definition) is 1. The zero-order valence-corrected chi connectivity index (χ0v) is 12.0. The van der Waals surface area contributed by atoms with Gasteiger partial charge in [-0.1, -0.05) is 13.8 Å². The molecule has 1 N–H and O–H groups in total. The fourth-order valence-corrected chi connectivity index (χ4v) is 2.14. The zero-order chi connectivity index (χ0) is 13.7. The van der Waals surface area contributed by atoms with Crippen LogP contribution in [0, 0.1) is 13.8 Å². The fraction of sp³-hybridized carbons (Fsp3) is 0.533. The first kappa shape index (κ1) is 14.7. The molecular weight excluding hydrogens is 226 g/mol. The second-order valence-corrected chi connectivity index (χ2v) is 4.45. The first-order valence-electron chi connectivity index (χ1n) is 6.48. The summed E-state index contributed by atoms with van der Waals surface area (Å²) in [6.07, 6.45) is 0.803. The van der Waals surface area contributed by atoms with Crippen LogP contribution in [-0.4, -0.2) is 25.5 Å². The van der Waals surface area contributed by atoms with Crippen molar-refractivity contribution in [1.29, 1.82) is 0 Å². The fourth-order valence-electron chi connectivity index (χ4n) is 2.14. The van der Waals surface area contributed by atoms with Crippen molar-refractivity contribution >= 4 is 5.78 Å². The number of nitrogens with one attached hydrogen (secondary N) is 1. The van der Waals surface area contributed by atoms with Crippen LogP contribution in [0.1, 0.15) is 41.8 Å². The smallest absolute Gasteiger partial charge is 0.179 e. The van der Waals surface area contributed by atoms with Gasteiger partial charge in [0.2, 0.25) is 0 Å². The molecule has 0 aliphatic heterocycles. The van der Waals surface area contributed by atoms with Crippen LogP contribution >= 0.6 is 0 Å². The summed E-state index contributed by atoms with van der Waals surface area (Å²) in [4.78, 5) is 12.4. The number of benzene rings is 1. The van der Waals surface area contributed by atoms with Gasteiger partial charge in [0.05, 0.1) is 13.2 Å². The van der Waals surface area contributed by atoms with Crippen molar-refractivity contribution in [2.24, 2.45) is 0 Å². The molecule has 0 heterocycles. The van der Waals surface area contributed by atoms with Crippen molar-refractivity contribution < 1.29 is 9.53 Å². The molecule has 1 rings (SSSR count). The number of ether oxygens (including phenoxy) is 1. The average Bonchev–Trinajstić information content (AvgIpc) is 2.38. The molecule has 0 spiro atoms. The first-order valence-corrected chi connectivity index (χ1v) is 6.48. The minimum absolute atomic E-state index is 0.0958. The lowest BCUT2D eigenvalue weighted by Gasteiger charge is -2.17. The summed E-state index contributed by atoms with van der Waals surface area (Å²) in [6, 6.07) is 3.64. The number of methoxy groups -OCH3 is 1. The van der Waals surface area contributed by atoms with Gasteiger partial charge in [0.15, 0.2) is 5.78 Å². The third kappa shape index (κ3) is 2.91. The Hall–Kier alpha value is -1.35. The van der Waals surface area contributed by atoms with Crippen LogP contribution in [-0.2, 0) is 0 Å². The van der Waals surface area contributed by atoms with Gasteiger partial charge in [0.25, 0.3) is 0 Å². The molecule has 3 heteroatoms. The Kier molecular flexibility index (Phi) is 5.35. The van der Waals surface area contributed by atoms with E-state index in [1.165, 1.54) is 0 Å². The van der Waals surface area contributed by atoms with Gasteiger partial charge in [0.1, 0.15) is 5.75 Å². The summed E-state index contributed by atoms with van der Waals surface area (Å²) >= 11 is 0. The Bertz CT molecular complexity index is 427. The third-order valence-corrected chi connectivity index (χ3v) is 3.40. The number of rotatable bonds is 6. The number of carbonyl (C=O) groups is 1. The monoisotopic (exact) mass is 249 g/mol. The Morgan fingerprint density at radius 2 is 1.94 bits per heavy atom. The Labute approximate surface area is 110 Å². The van der Waals surface area contributed by atoms with E-state index in [-0.39, 0.29) is 11.8 Å². The molecule has 0 amide bonds. The van der Waals surface area contributed by atoms with Crippen LogP contribution in [0.4, 0.5) is 0 Å². The highest BCUT2D eigenvalue weighted by Crippen LogP contribution is 2.25. The van der Waals surface area contributed by atoms with Crippen molar-refractivity contribution in [2.75, 3.05) is 13.7 Å². The normalized spacial score (nSPS) is 12.3. The number of carbonyl (C=O) groups excluding carboxylic acids is 1. The van der Waals surface area contributed by atoms with E-state index in [0.29, 0.717) is 0 Å². The minimum atomic E-state index is -0.0958. The predicted molar refractivity (Wildman–Crippen MR) is 74.6 cm³/mol. The third-order valence-electron chi connectivity index (χ3n) is 3.40. The molecule has 0 aliphatic carbocycles. The number of Topliss-reactive ketones (excluding diaryl/α,β-unsaturated/α-hetero) is 1. The summed E-state index contributed by atoms with van der Waals surface area (Å²) in [5.74, 6) is 1.00. The molecule has 100 valence electrons. The van der Waals surface area contributed by atoms with Gasteiger partial charge in [-0.2, -0.15) is 0 Å². The van der Waals surface area contributed by atoms with Crippen LogP contribution in [0.5, 0.6) is 5.75 Å². The molecule has 0 saturated carbocycles. The van der Waals surface area contributed by atoms with Crippen LogP contribution < -0.4 is 10.1 Å².